The van der Waals surface area contributed by atoms with Crippen LogP contribution in [0.2, 0.25) is 0 Å². The Labute approximate surface area is 67.5 Å². The van der Waals surface area contributed by atoms with Crippen molar-refractivity contribution >= 4 is 0 Å². The fraction of sp³-hybridized carbons (Fsp3) is 0.875. The van der Waals surface area contributed by atoms with Crippen molar-refractivity contribution < 1.29 is 4.74 Å². The average molecular weight is 155 g/mol. The van der Waals surface area contributed by atoms with Gasteiger partial charge in [-0.1, -0.05) is 0 Å². The van der Waals surface area contributed by atoms with E-state index in [1.54, 1.807) is 0 Å². The van der Waals surface area contributed by atoms with Gasteiger partial charge in [-0.15, -0.1) is 0 Å². The van der Waals surface area contributed by atoms with Gasteiger partial charge in [-0.3, -0.25) is 0 Å². The average Bonchev–Trinajstić information content (AvgIpc) is 2.29. The first kappa shape index (κ1) is 7.53. The standard InChI is InChI=1S/C8H15N2O/c9-8(2-5-11-7-8)6-10-3-1-4-10/h1H,2-7,9H2. The van der Waals surface area contributed by atoms with Crippen LogP contribution in [0.1, 0.15) is 6.42 Å². The van der Waals surface area contributed by atoms with Gasteiger partial charge >= 0.3 is 0 Å². The third-order valence-corrected chi connectivity index (χ3v) is 2.45. The molecule has 0 amide bonds. The van der Waals surface area contributed by atoms with Gasteiger partial charge in [0, 0.05) is 26.2 Å². The summed E-state index contributed by atoms with van der Waals surface area (Å²) in [6, 6.07) is 0. The first-order chi connectivity index (χ1) is 5.29. The molecule has 2 aliphatic rings. The van der Waals surface area contributed by atoms with Crippen molar-refractivity contribution in [1.29, 1.82) is 0 Å². The minimum atomic E-state index is -0.0474. The topological polar surface area (TPSA) is 38.5 Å². The normalized spacial score (nSPS) is 39.0. The lowest BCUT2D eigenvalue weighted by Gasteiger charge is -2.36. The lowest BCUT2D eigenvalue weighted by molar-refractivity contribution is 0.143. The molecule has 0 aromatic carbocycles. The van der Waals surface area contributed by atoms with E-state index < -0.39 is 0 Å². The quantitative estimate of drug-likeness (QED) is 0.591. The number of likely N-dealkylation sites (tertiary alicyclic amines) is 1. The van der Waals surface area contributed by atoms with E-state index in [0.717, 1.165) is 39.3 Å². The number of rotatable bonds is 2. The zero-order valence-electron chi connectivity index (χ0n) is 6.75. The number of nitrogens with two attached hydrogens (primary N) is 1. The van der Waals surface area contributed by atoms with Crippen LogP contribution in [0.25, 0.3) is 0 Å². The van der Waals surface area contributed by atoms with E-state index in [0.29, 0.717) is 0 Å². The molecule has 3 heteroatoms. The van der Waals surface area contributed by atoms with Crippen LogP contribution in [0, 0.1) is 6.42 Å². The van der Waals surface area contributed by atoms with Crippen molar-refractivity contribution in [2.45, 2.75) is 12.0 Å². The highest BCUT2D eigenvalue weighted by Crippen LogP contribution is 2.19. The van der Waals surface area contributed by atoms with Gasteiger partial charge in [-0.2, -0.15) is 0 Å². The second kappa shape index (κ2) is 2.73. The Morgan fingerprint density at radius 2 is 2.36 bits per heavy atom. The molecule has 0 spiro atoms. The Morgan fingerprint density at radius 3 is 2.82 bits per heavy atom. The molecular weight excluding hydrogens is 140 g/mol. The molecule has 0 aromatic rings. The third-order valence-electron chi connectivity index (χ3n) is 2.45. The maximum Gasteiger partial charge on any atom is 0.0659 e. The van der Waals surface area contributed by atoms with Crippen LogP contribution in [0.4, 0.5) is 0 Å². The first-order valence-corrected chi connectivity index (χ1v) is 4.19. The minimum absolute atomic E-state index is 0.0474. The molecular formula is C8H15N2O. The van der Waals surface area contributed by atoms with Gasteiger partial charge in [-0.25, -0.2) is 0 Å². The first-order valence-electron chi connectivity index (χ1n) is 4.19. The summed E-state index contributed by atoms with van der Waals surface area (Å²) in [6.07, 6.45) is 3.28. The summed E-state index contributed by atoms with van der Waals surface area (Å²) in [7, 11) is 0. The van der Waals surface area contributed by atoms with E-state index in [9.17, 15) is 0 Å². The van der Waals surface area contributed by atoms with E-state index in [4.69, 9.17) is 10.5 Å². The molecule has 3 nitrogen and oxygen atoms in total. The van der Waals surface area contributed by atoms with Crippen LogP contribution in [-0.2, 0) is 4.74 Å². The summed E-state index contributed by atoms with van der Waals surface area (Å²) in [6.45, 7) is 4.80. The van der Waals surface area contributed by atoms with Crippen LogP contribution >= 0.6 is 0 Å². The maximum absolute atomic E-state index is 6.09. The van der Waals surface area contributed by atoms with Crippen LogP contribution in [0.3, 0.4) is 0 Å². The molecule has 2 rings (SSSR count). The molecule has 2 fully saturated rings. The Bertz CT molecular complexity index is 139. The van der Waals surface area contributed by atoms with Gasteiger partial charge in [-0.05, 0) is 12.8 Å². The summed E-state index contributed by atoms with van der Waals surface area (Å²) in [5.74, 6) is 0. The van der Waals surface area contributed by atoms with Crippen LogP contribution in [-0.4, -0.2) is 43.3 Å². The molecule has 0 saturated carbocycles. The van der Waals surface area contributed by atoms with Gasteiger partial charge in [0.25, 0.3) is 0 Å². The Balaban J connectivity index is 1.82. The second-order valence-corrected chi connectivity index (χ2v) is 3.65. The fourth-order valence-electron chi connectivity index (χ4n) is 1.63. The monoisotopic (exact) mass is 155 g/mol. The molecule has 2 N–H and O–H groups in total. The van der Waals surface area contributed by atoms with E-state index in [1.807, 2.05) is 0 Å². The van der Waals surface area contributed by atoms with Crippen molar-refractivity contribution in [3.05, 3.63) is 6.42 Å². The molecule has 1 unspecified atom stereocenters. The summed E-state index contributed by atoms with van der Waals surface area (Å²) in [5.41, 5.74) is 6.04. The van der Waals surface area contributed by atoms with E-state index in [2.05, 4.69) is 11.3 Å². The molecule has 1 radical (unpaired) electrons. The molecule has 0 aromatic heterocycles. The lowest BCUT2D eigenvalue weighted by atomic mass is 9.98. The molecule has 11 heavy (non-hydrogen) atoms. The van der Waals surface area contributed by atoms with Crippen molar-refractivity contribution in [3.8, 4) is 0 Å². The summed E-state index contributed by atoms with van der Waals surface area (Å²) in [4.78, 5) is 2.36. The predicted octanol–water partition coefficient (Wildman–Crippen LogP) is -0.376. The molecule has 0 bridgehead atoms. The minimum Gasteiger partial charge on any atom is -0.379 e. The van der Waals surface area contributed by atoms with Crippen molar-refractivity contribution in [1.82, 2.24) is 4.90 Å². The van der Waals surface area contributed by atoms with Gasteiger partial charge in [0.1, 0.15) is 0 Å². The van der Waals surface area contributed by atoms with Gasteiger partial charge in [0.2, 0.25) is 0 Å². The van der Waals surface area contributed by atoms with E-state index in [-0.39, 0.29) is 5.54 Å². The van der Waals surface area contributed by atoms with E-state index >= 15 is 0 Å². The van der Waals surface area contributed by atoms with Gasteiger partial charge in [0.05, 0.1) is 12.1 Å². The maximum atomic E-state index is 6.09. The van der Waals surface area contributed by atoms with Crippen LogP contribution < -0.4 is 5.73 Å². The number of ether oxygens (including phenoxy) is 1. The van der Waals surface area contributed by atoms with Gasteiger partial charge < -0.3 is 15.4 Å². The number of hydrogen-bond acceptors (Lipinski definition) is 3. The smallest absolute Gasteiger partial charge is 0.0659 e. The summed E-state index contributed by atoms with van der Waals surface area (Å²) >= 11 is 0. The molecule has 2 heterocycles. The van der Waals surface area contributed by atoms with Gasteiger partial charge in [0.15, 0.2) is 0 Å². The third kappa shape index (κ3) is 1.55. The lowest BCUT2D eigenvalue weighted by Crippen LogP contribution is -2.54. The van der Waals surface area contributed by atoms with Crippen LogP contribution in [0.5, 0.6) is 0 Å². The Hall–Kier alpha value is -0.120. The molecule has 2 saturated heterocycles. The molecule has 0 aliphatic carbocycles. The SMILES string of the molecule is NC1(CN2C[CH]C2)CCOC1. The van der Waals surface area contributed by atoms with Crippen molar-refractivity contribution in [2.75, 3.05) is 32.8 Å². The highest BCUT2D eigenvalue weighted by molar-refractivity contribution is 4.96. The molecule has 63 valence electrons. The fourth-order valence-corrected chi connectivity index (χ4v) is 1.63. The summed E-state index contributed by atoms with van der Waals surface area (Å²) in [5, 5.41) is 0. The summed E-state index contributed by atoms with van der Waals surface area (Å²) < 4.78 is 5.27. The highest BCUT2D eigenvalue weighted by atomic mass is 16.5. The predicted molar refractivity (Wildman–Crippen MR) is 43.1 cm³/mol. The zero-order valence-corrected chi connectivity index (χ0v) is 6.75. The number of nitrogens with zero attached hydrogens (tertiary/aromatic N) is 1. The zero-order chi connectivity index (χ0) is 7.73. The largest absolute Gasteiger partial charge is 0.379 e. The van der Waals surface area contributed by atoms with Crippen molar-refractivity contribution in [3.63, 3.8) is 0 Å². The van der Waals surface area contributed by atoms with E-state index in [1.165, 1.54) is 0 Å². The highest BCUT2D eigenvalue weighted by Gasteiger charge is 2.33. The Morgan fingerprint density at radius 1 is 1.55 bits per heavy atom. The van der Waals surface area contributed by atoms with Crippen LogP contribution in [0.15, 0.2) is 0 Å². The second-order valence-electron chi connectivity index (χ2n) is 3.65. The number of hydrogen-bond donors (Lipinski definition) is 1. The van der Waals surface area contributed by atoms with Crippen molar-refractivity contribution in [2.24, 2.45) is 5.73 Å². The molecule has 2 aliphatic heterocycles. The Kier molecular flexibility index (Phi) is 1.87. The molecule has 1 atom stereocenters.